The molecule has 1 unspecified atom stereocenters. The maximum absolute atomic E-state index is 13.8. The first-order valence-electron chi connectivity index (χ1n) is 12.8. The summed E-state index contributed by atoms with van der Waals surface area (Å²) in [6.45, 7) is 6.37. The van der Waals surface area contributed by atoms with Crippen LogP contribution < -0.4 is 14.4 Å². The number of nitrogens with zero attached hydrogens (tertiary/aromatic N) is 1. The van der Waals surface area contributed by atoms with Crippen LogP contribution in [0.4, 0.5) is 5.69 Å². The Labute approximate surface area is 228 Å². The Balaban J connectivity index is 1.79. The average Bonchev–Trinajstić information content (AvgIpc) is 3.21. The maximum Gasteiger partial charge on any atom is 0.300 e. The first-order valence-corrected chi connectivity index (χ1v) is 12.8. The number of fused-ring (bicyclic) bond motifs is 1. The third kappa shape index (κ3) is 4.52. The average molecular weight is 522 g/mol. The van der Waals surface area contributed by atoms with E-state index in [9.17, 15) is 14.7 Å². The molecule has 1 amide bonds. The molecule has 0 spiro atoms. The molecule has 1 atom stereocenters. The minimum Gasteiger partial charge on any atom is -0.507 e. The Morgan fingerprint density at radius 1 is 0.846 bits per heavy atom. The second-order valence-corrected chi connectivity index (χ2v) is 10.6. The van der Waals surface area contributed by atoms with E-state index in [1.807, 2.05) is 66.7 Å². The molecule has 0 radical (unpaired) electrons. The van der Waals surface area contributed by atoms with Gasteiger partial charge in [0.25, 0.3) is 11.7 Å². The zero-order valence-electron chi connectivity index (χ0n) is 22.7. The van der Waals surface area contributed by atoms with Crippen molar-refractivity contribution in [3.8, 4) is 11.5 Å². The van der Waals surface area contributed by atoms with Gasteiger partial charge in [-0.3, -0.25) is 14.5 Å². The van der Waals surface area contributed by atoms with Crippen LogP contribution in [0.2, 0.25) is 0 Å². The number of aliphatic hydroxyl groups is 1. The van der Waals surface area contributed by atoms with Gasteiger partial charge >= 0.3 is 0 Å². The highest BCUT2D eigenvalue weighted by atomic mass is 16.5. The highest BCUT2D eigenvalue weighted by Crippen LogP contribution is 2.45. The van der Waals surface area contributed by atoms with Gasteiger partial charge in [-0.1, -0.05) is 81.4 Å². The van der Waals surface area contributed by atoms with Gasteiger partial charge in [0, 0.05) is 5.39 Å². The molecule has 6 heteroatoms. The highest BCUT2D eigenvalue weighted by Gasteiger charge is 2.47. The number of anilines is 1. The van der Waals surface area contributed by atoms with Crippen molar-refractivity contribution in [2.75, 3.05) is 19.1 Å². The number of hydrogen-bond acceptors (Lipinski definition) is 5. The predicted octanol–water partition coefficient (Wildman–Crippen LogP) is 6.78. The second kappa shape index (κ2) is 9.95. The maximum atomic E-state index is 13.8. The number of amides is 1. The lowest BCUT2D eigenvalue weighted by atomic mass is 9.85. The van der Waals surface area contributed by atoms with Crippen LogP contribution in [0.25, 0.3) is 16.5 Å². The van der Waals surface area contributed by atoms with E-state index in [1.165, 1.54) is 19.1 Å². The molecular formula is C33H31NO5. The van der Waals surface area contributed by atoms with Crippen LogP contribution in [-0.2, 0) is 15.0 Å². The van der Waals surface area contributed by atoms with Gasteiger partial charge < -0.3 is 14.6 Å². The molecule has 6 nitrogen and oxygen atoms in total. The summed E-state index contributed by atoms with van der Waals surface area (Å²) in [6, 6.07) is 25.3. The van der Waals surface area contributed by atoms with Crippen LogP contribution in [-0.4, -0.2) is 31.0 Å². The fourth-order valence-corrected chi connectivity index (χ4v) is 5.12. The van der Waals surface area contributed by atoms with E-state index >= 15 is 0 Å². The predicted molar refractivity (Wildman–Crippen MR) is 153 cm³/mol. The number of methoxy groups -OCH3 is 2. The van der Waals surface area contributed by atoms with E-state index < -0.39 is 17.7 Å². The Morgan fingerprint density at radius 2 is 1.54 bits per heavy atom. The van der Waals surface area contributed by atoms with Crippen LogP contribution in [0.15, 0.2) is 90.5 Å². The van der Waals surface area contributed by atoms with Gasteiger partial charge in [0.1, 0.15) is 17.3 Å². The first kappa shape index (κ1) is 26.0. The van der Waals surface area contributed by atoms with Crippen LogP contribution in [0, 0.1) is 0 Å². The normalized spacial score (nSPS) is 17.1. The number of hydrogen-bond donors (Lipinski definition) is 1. The van der Waals surface area contributed by atoms with Gasteiger partial charge in [0.15, 0.2) is 0 Å². The number of benzene rings is 4. The number of ether oxygens (including phenoxy) is 2. The summed E-state index contributed by atoms with van der Waals surface area (Å²) in [6.07, 6.45) is 0. The van der Waals surface area contributed by atoms with E-state index in [-0.39, 0.29) is 22.3 Å². The number of carbonyl (C=O) groups is 2. The Kier molecular flexibility index (Phi) is 6.64. The third-order valence-corrected chi connectivity index (χ3v) is 7.22. The van der Waals surface area contributed by atoms with Gasteiger partial charge in [-0.15, -0.1) is 0 Å². The van der Waals surface area contributed by atoms with E-state index in [0.29, 0.717) is 22.7 Å². The van der Waals surface area contributed by atoms with Crippen molar-refractivity contribution in [3.63, 3.8) is 0 Å². The molecule has 0 bridgehead atoms. The van der Waals surface area contributed by atoms with E-state index in [0.717, 1.165) is 16.3 Å². The van der Waals surface area contributed by atoms with Gasteiger partial charge in [-0.05, 0) is 46.2 Å². The standard InChI is InChI=1S/C33H31NO5/c1-33(2,3)22-15-13-21(14-16-22)29-28(30(35)25-19-23(38-4)17-18-27(25)39-5)31(36)32(37)34(29)26-12-8-10-20-9-6-7-11-24(20)26/h6-19,29,35H,1-5H3/b30-28+. The fraction of sp³-hybridized carbons (Fsp3) is 0.212. The van der Waals surface area contributed by atoms with E-state index in [2.05, 4.69) is 20.8 Å². The molecular weight excluding hydrogens is 490 g/mol. The molecule has 1 aliphatic rings. The second-order valence-electron chi connectivity index (χ2n) is 10.6. The Hall–Kier alpha value is -4.58. The topological polar surface area (TPSA) is 76.1 Å². The van der Waals surface area contributed by atoms with E-state index in [4.69, 9.17) is 9.47 Å². The van der Waals surface area contributed by atoms with Crippen LogP contribution in [0.1, 0.15) is 43.5 Å². The van der Waals surface area contributed by atoms with Crippen molar-refractivity contribution in [1.82, 2.24) is 0 Å². The minimum atomic E-state index is -0.860. The molecule has 1 heterocycles. The molecule has 1 saturated heterocycles. The molecule has 39 heavy (non-hydrogen) atoms. The summed E-state index contributed by atoms with van der Waals surface area (Å²) in [4.78, 5) is 29.0. The summed E-state index contributed by atoms with van der Waals surface area (Å²) in [5.74, 6) is -0.968. The molecule has 0 aliphatic carbocycles. The molecule has 1 N–H and O–H groups in total. The van der Waals surface area contributed by atoms with Crippen molar-refractivity contribution >= 4 is 33.9 Å². The Morgan fingerprint density at radius 3 is 2.21 bits per heavy atom. The monoisotopic (exact) mass is 521 g/mol. The summed E-state index contributed by atoms with van der Waals surface area (Å²) < 4.78 is 10.9. The molecule has 1 aliphatic heterocycles. The van der Waals surface area contributed by atoms with Crippen LogP contribution >= 0.6 is 0 Å². The number of Topliss-reactive ketones (excluding diaryl/α,β-unsaturated/α-hetero) is 1. The van der Waals surface area contributed by atoms with Gasteiger partial charge in [0.05, 0.1) is 37.1 Å². The van der Waals surface area contributed by atoms with Gasteiger partial charge in [0.2, 0.25) is 0 Å². The molecule has 4 aromatic carbocycles. The molecule has 4 aromatic rings. The van der Waals surface area contributed by atoms with E-state index in [1.54, 1.807) is 18.2 Å². The van der Waals surface area contributed by atoms with Crippen LogP contribution in [0.5, 0.6) is 11.5 Å². The number of ketones is 1. The lowest BCUT2D eigenvalue weighted by Crippen LogP contribution is -2.29. The Bertz CT molecular complexity index is 1610. The molecule has 198 valence electrons. The van der Waals surface area contributed by atoms with Gasteiger partial charge in [-0.25, -0.2) is 0 Å². The lowest BCUT2D eigenvalue weighted by Gasteiger charge is -2.27. The van der Waals surface area contributed by atoms with Crippen molar-refractivity contribution in [2.45, 2.75) is 32.2 Å². The molecule has 5 rings (SSSR count). The van der Waals surface area contributed by atoms with Crippen molar-refractivity contribution in [3.05, 3.63) is 107 Å². The quantitative estimate of drug-likeness (QED) is 0.178. The fourth-order valence-electron chi connectivity index (χ4n) is 5.12. The van der Waals surface area contributed by atoms with Crippen molar-refractivity contribution < 1.29 is 24.2 Å². The molecule has 1 fully saturated rings. The highest BCUT2D eigenvalue weighted by molar-refractivity contribution is 6.52. The molecule has 0 saturated carbocycles. The summed E-state index contributed by atoms with van der Waals surface area (Å²) >= 11 is 0. The number of rotatable bonds is 5. The lowest BCUT2D eigenvalue weighted by molar-refractivity contribution is -0.132. The van der Waals surface area contributed by atoms with Gasteiger partial charge in [-0.2, -0.15) is 0 Å². The minimum absolute atomic E-state index is 0.0111. The summed E-state index contributed by atoms with van der Waals surface area (Å²) in [5.41, 5.74) is 2.59. The smallest absolute Gasteiger partial charge is 0.300 e. The first-order chi connectivity index (χ1) is 18.7. The third-order valence-electron chi connectivity index (χ3n) is 7.22. The molecule has 0 aromatic heterocycles. The van der Waals surface area contributed by atoms with Crippen LogP contribution in [0.3, 0.4) is 0 Å². The number of aliphatic hydroxyl groups excluding tert-OH is 1. The SMILES string of the molecule is COc1ccc(OC)c(/C(O)=C2\C(=O)C(=O)N(c3cccc4ccccc34)C2c2ccc(C(C)(C)C)cc2)c1. The largest absolute Gasteiger partial charge is 0.507 e. The number of carbonyl (C=O) groups excluding carboxylic acids is 2. The zero-order valence-corrected chi connectivity index (χ0v) is 22.7. The van der Waals surface area contributed by atoms with Crippen molar-refractivity contribution in [2.24, 2.45) is 0 Å². The summed E-state index contributed by atoms with van der Waals surface area (Å²) in [5, 5.41) is 13.4. The van der Waals surface area contributed by atoms with Crippen molar-refractivity contribution in [1.29, 1.82) is 0 Å². The zero-order chi connectivity index (χ0) is 27.9. The summed E-state index contributed by atoms with van der Waals surface area (Å²) in [7, 11) is 3.00.